The van der Waals surface area contributed by atoms with Gasteiger partial charge in [-0.3, -0.25) is 4.39 Å². The normalized spacial score (nSPS) is 19.2. The molecule has 2 aromatic carbocycles. The molecule has 0 aliphatic heterocycles. The maximum absolute atomic E-state index is 14.8. The van der Waals surface area contributed by atoms with E-state index in [-0.39, 0.29) is 18.2 Å². The largest absolute Gasteiger partial charge is 0.251 e. The molecule has 0 nitrogen and oxygen atoms in total. The highest BCUT2D eigenvalue weighted by Gasteiger charge is 2.24. The molecule has 3 heteroatoms. The van der Waals surface area contributed by atoms with Crippen LogP contribution in [0.1, 0.15) is 87.7 Å². The molecule has 3 rings (SSSR count). The molecule has 0 atom stereocenters. The van der Waals surface area contributed by atoms with Crippen LogP contribution in [0.15, 0.2) is 36.4 Å². The van der Waals surface area contributed by atoms with Crippen molar-refractivity contribution in [2.45, 2.75) is 83.5 Å². The van der Waals surface area contributed by atoms with E-state index in [9.17, 15) is 13.2 Å². The van der Waals surface area contributed by atoms with Crippen molar-refractivity contribution in [2.75, 3.05) is 6.67 Å². The van der Waals surface area contributed by atoms with Gasteiger partial charge in [-0.15, -0.1) is 0 Å². The van der Waals surface area contributed by atoms with Gasteiger partial charge in [-0.05, 0) is 74.1 Å². The lowest BCUT2D eigenvalue weighted by molar-refractivity contribution is 0.301. The number of unbranched alkanes of at least 4 members (excludes halogenated alkanes) is 5. The van der Waals surface area contributed by atoms with Crippen LogP contribution in [0.5, 0.6) is 0 Å². The monoisotopic (exact) mass is 416 g/mol. The average molecular weight is 417 g/mol. The van der Waals surface area contributed by atoms with Gasteiger partial charge >= 0.3 is 0 Å². The lowest BCUT2D eigenvalue weighted by atomic mass is 9.76. The predicted octanol–water partition coefficient (Wildman–Crippen LogP) is 8.91. The van der Waals surface area contributed by atoms with E-state index >= 15 is 0 Å². The summed E-state index contributed by atoms with van der Waals surface area (Å²) in [6.45, 7) is 1.77. The summed E-state index contributed by atoms with van der Waals surface area (Å²) in [5.74, 6) is 0.0964. The molecule has 0 amide bonds. The molecule has 2 aromatic rings. The molecule has 0 saturated heterocycles. The molecule has 30 heavy (non-hydrogen) atoms. The van der Waals surface area contributed by atoms with Crippen LogP contribution in [-0.4, -0.2) is 6.67 Å². The molecule has 1 saturated carbocycles. The van der Waals surface area contributed by atoms with E-state index in [1.807, 2.05) is 19.1 Å². The predicted molar refractivity (Wildman–Crippen MR) is 120 cm³/mol. The minimum atomic E-state index is -0.455. The number of rotatable bonds is 10. The van der Waals surface area contributed by atoms with Gasteiger partial charge in [-0.25, -0.2) is 8.78 Å². The lowest BCUT2D eigenvalue weighted by Gasteiger charge is -2.29. The molecule has 1 aliphatic carbocycles. The van der Waals surface area contributed by atoms with Crippen molar-refractivity contribution >= 4 is 0 Å². The molecule has 0 spiro atoms. The van der Waals surface area contributed by atoms with Gasteiger partial charge < -0.3 is 0 Å². The smallest absolute Gasteiger partial charge is 0.134 e. The van der Waals surface area contributed by atoms with Crippen molar-refractivity contribution in [3.8, 4) is 11.1 Å². The molecular weight excluding hydrogens is 381 g/mol. The average Bonchev–Trinajstić information content (AvgIpc) is 2.74. The van der Waals surface area contributed by atoms with Crippen molar-refractivity contribution in [2.24, 2.45) is 5.92 Å². The number of alkyl halides is 1. The Morgan fingerprint density at radius 3 is 1.93 bits per heavy atom. The highest BCUT2D eigenvalue weighted by atomic mass is 19.1. The summed E-state index contributed by atoms with van der Waals surface area (Å²) in [6, 6.07) is 10.4. The second-order valence-corrected chi connectivity index (χ2v) is 9.04. The first-order chi connectivity index (χ1) is 14.6. The van der Waals surface area contributed by atoms with Crippen LogP contribution >= 0.6 is 0 Å². The molecule has 0 radical (unpaired) electrons. The molecule has 0 heterocycles. The summed E-state index contributed by atoms with van der Waals surface area (Å²) in [4.78, 5) is 0. The number of aryl methyl sites for hydroxylation is 1. The third kappa shape index (κ3) is 6.36. The third-order valence-corrected chi connectivity index (χ3v) is 6.72. The standard InChI is InChI=1S/C27H35F3/c1-20-9-13-23(14-10-20)27-25(29)18-24(19-26(27)30)22-15-11-21(12-16-22)8-6-4-2-3-5-7-17-28/h9-10,13-14,18-19,21-22H,2-8,11-12,15-17H2,1H3. The SMILES string of the molecule is Cc1ccc(-c2c(F)cc(C3CCC(CCCCCCCCF)CC3)cc2F)cc1. The van der Waals surface area contributed by atoms with Gasteiger partial charge in [-0.2, -0.15) is 0 Å². The highest BCUT2D eigenvalue weighted by molar-refractivity contribution is 5.65. The fourth-order valence-electron chi connectivity index (χ4n) is 4.84. The molecule has 0 unspecified atom stereocenters. The molecule has 0 aromatic heterocycles. The summed E-state index contributed by atoms with van der Waals surface area (Å²) in [6.07, 6.45) is 12.1. The fourth-order valence-corrected chi connectivity index (χ4v) is 4.84. The Kier molecular flexibility index (Phi) is 8.84. The van der Waals surface area contributed by atoms with Crippen LogP contribution in [0, 0.1) is 24.5 Å². The summed E-state index contributed by atoms with van der Waals surface area (Å²) in [5.41, 5.74) is 2.56. The van der Waals surface area contributed by atoms with Crippen LogP contribution in [0.25, 0.3) is 11.1 Å². The number of hydrogen-bond acceptors (Lipinski definition) is 0. The van der Waals surface area contributed by atoms with Gasteiger partial charge in [0.15, 0.2) is 0 Å². The topological polar surface area (TPSA) is 0 Å². The molecule has 0 N–H and O–H groups in total. The quantitative estimate of drug-likeness (QED) is 0.339. The van der Waals surface area contributed by atoms with Crippen LogP contribution in [0.2, 0.25) is 0 Å². The Bertz CT molecular complexity index is 750. The summed E-state index contributed by atoms with van der Waals surface area (Å²) in [7, 11) is 0. The number of halogens is 3. The van der Waals surface area contributed by atoms with Crippen molar-refractivity contribution in [1.29, 1.82) is 0 Å². The molecule has 1 aliphatic rings. The van der Waals surface area contributed by atoms with Gasteiger partial charge in [0.2, 0.25) is 0 Å². The first-order valence-electron chi connectivity index (χ1n) is 11.7. The Hall–Kier alpha value is -1.77. The number of hydrogen-bond donors (Lipinski definition) is 0. The fraction of sp³-hybridized carbons (Fsp3) is 0.556. The van der Waals surface area contributed by atoms with Crippen molar-refractivity contribution in [3.63, 3.8) is 0 Å². The van der Waals surface area contributed by atoms with Gasteiger partial charge in [0.25, 0.3) is 0 Å². The van der Waals surface area contributed by atoms with Gasteiger partial charge in [0.1, 0.15) is 11.6 Å². The van der Waals surface area contributed by atoms with E-state index in [1.54, 1.807) is 24.3 Å². The van der Waals surface area contributed by atoms with Crippen LogP contribution in [-0.2, 0) is 0 Å². The Balaban J connectivity index is 1.49. The maximum atomic E-state index is 14.8. The minimum Gasteiger partial charge on any atom is -0.251 e. The molecular formula is C27H35F3. The Morgan fingerprint density at radius 1 is 0.767 bits per heavy atom. The lowest BCUT2D eigenvalue weighted by Crippen LogP contribution is -2.14. The van der Waals surface area contributed by atoms with E-state index in [2.05, 4.69) is 0 Å². The minimum absolute atomic E-state index is 0.0824. The zero-order chi connectivity index (χ0) is 21.3. The third-order valence-electron chi connectivity index (χ3n) is 6.72. The molecule has 1 fully saturated rings. The highest BCUT2D eigenvalue weighted by Crippen LogP contribution is 2.39. The van der Waals surface area contributed by atoms with Crippen molar-refractivity contribution in [3.05, 3.63) is 59.2 Å². The molecule has 164 valence electrons. The van der Waals surface area contributed by atoms with Gasteiger partial charge in [0, 0.05) is 0 Å². The van der Waals surface area contributed by atoms with Crippen LogP contribution in [0.3, 0.4) is 0 Å². The van der Waals surface area contributed by atoms with Gasteiger partial charge in [-0.1, -0.05) is 68.4 Å². The first-order valence-corrected chi connectivity index (χ1v) is 11.7. The summed E-state index contributed by atoms with van der Waals surface area (Å²) in [5, 5.41) is 0. The first kappa shape index (κ1) is 22.9. The summed E-state index contributed by atoms with van der Waals surface area (Å²) < 4.78 is 41.6. The van der Waals surface area contributed by atoms with Crippen LogP contribution in [0.4, 0.5) is 13.2 Å². The Morgan fingerprint density at radius 2 is 1.33 bits per heavy atom. The van der Waals surface area contributed by atoms with Gasteiger partial charge in [0.05, 0.1) is 12.2 Å². The van der Waals surface area contributed by atoms with E-state index in [0.717, 1.165) is 55.6 Å². The van der Waals surface area contributed by atoms with Crippen molar-refractivity contribution < 1.29 is 13.2 Å². The maximum Gasteiger partial charge on any atom is 0.134 e. The van der Waals surface area contributed by atoms with E-state index in [0.29, 0.717) is 12.0 Å². The van der Waals surface area contributed by atoms with E-state index < -0.39 is 11.6 Å². The second kappa shape index (κ2) is 11.6. The van der Waals surface area contributed by atoms with Crippen LogP contribution < -0.4 is 0 Å². The van der Waals surface area contributed by atoms with E-state index in [1.165, 1.54) is 25.7 Å². The van der Waals surface area contributed by atoms with E-state index in [4.69, 9.17) is 0 Å². The summed E-state index contributed by atoms with van der Waals surface area (Å²) >= 11 is 0. The number of benzene rings is 2. The molecule has 0 bridgehead atoms. The zero-order valence-corrected chi connectivity index (χ0v) is 18.2. The Labute approximate surface area is 179 Å². The van der Waals surface area contributed by atoms with Crippen molar-refractivity contribution in [1.82, 2.24) is 0 Å². The second-order valence-electron chi connectivity index (χ2n) is 9.04. The zero-order valence-electron chi connectivity index (χ0n) is 18.2.